The number of carbonyl (C=O) groups is 1. The second-order valence-electron chi connectivity index (χ2n) is 6.31. The predicted octanol–water partition coefficient (Wildman–Crippen LogP) is 4.13. The van der Waals surface area contributed by atoms with Crippen LogP contribution < -0.4 is 5.32 Å². The molecular formula is C15H28BrNO. The molecule has 18 heavy (non-hydrogen) atoms. The van der Waals surface area contributed by atoms with Crippen LogP contribution in [0.2, 0.25) is 0 Å². The third kappa shape index (κ3) is 4.56. The first kappa shape index (κ1) is 16.0. The highest BCUT2D eigenvalue weighted by Crippen LogP contribution is 2.42. The average molecular weight is 318 g/mol. The lowest BCUT2D eigenvalue weighted by molar-refractivity contribution is -0.127. The van der Waals surface area contributed by atoms with Gasteiger partial charge in [-0.05, 0) is 37.0 Å². The molecule has 2 nitrogen and oxygen atoms in total. The van der Waals surface area contributed by atoms with Crippen LogP contribution in [0.3, 0.4) is 0 Å². The maximum Gasteiger partial charge on any atom is 0.223 e. The van der Waals surface area contributed by atoms with E-state index in [1.807, 2.05) is 0 Å². The molecule has 0 saturated heterocycles. The second-order valence-corrected chi connectivity index (χ2v) is 7.10. The summed E-state index contributed by atoms with van der Waals surface area (Å²) in [5, 5.41) is 4.22. The normalized spacial score (nSPS) is 23.9. The van der Waals surface area contributed by atoms with Crippen LogP contribution in [0.25, 0.3) is 0 Å². The van der Waals surface area contributed by atoms with E-state index in [4.69, 9.17) is 0 Å². The predicted molar refractivity (Wildman–Crippen MR) is 80.9 cm³/mol. The van der Waals surface area contributed by atoms with Gasteiger partial charge in [0, 0.05) is 17.8 Å². The number of nitrogens with one attached hydrogen (secondary N) is 1. The van der Waals surface area contributed by atoms with E-state index in [2.05, 4.69) is 42.0 Å². The lowest BCUT2D eigenvalue weighted by Crippen LogP contribution is -2.38. The summed E-state index contributed by atoms with van der Waals surface area (Å²) in [4.78, 5) is 12.3. The van der Waals surface area contributed by atoms with Crippen LogP contribution >= 0.6 is 15.9 Å². The van der Waals surface area contributed by atoms with Gasteiger partial charge in [-0.1, -0.05) is 49.5 Å². The minimum absolute atomic E-state index is 0.194. The van der Waals surface area contributed by atoms with Crippen molar-refractivity contribution in [2.75, 3.05) is 11.9 Å². The van der Waals surface area contributed by atoms with Gasteiger partial charge < -0.3 is 5.32 Å². The van der Waals surface area contributed by atoms with E-state index >= 15 is 0 Å². The summed E-state index contributed by atoms with van der Waals surface area (Å²) in [5.74, 6) is 1.14. The second kappa shape index (κ2) is 7.52. The molecule has 1 fully saturated rings. The van der Waals surface area contributed by atoms with Gasteiger partial charge >= 0.3 is 0 Å². The molecule has 2 atom stereocenters. The van der Waals surface area contributed by atoms with Gasteiger partial charge in [0.05, 0.1) is 0 Å². The summed E-state index contributed by atoms with van der Waals surface area (Å²) in [6.45, 7) is 7.52. The van der Waals surface area contributed by atoms with Crippen LogP contribution in [0.15, 0.2) is 0 Å². The zero-order valence-corrected chi connectivity index (χ0v) is 13.7. The lowest BCUT2D eigenvalue weighted by atomic mass is 9.81. The third-order valence-electron chi connectivity index (χ3n) is 4.35. The van der Waals surface area contributed by atoms with Crippen molar-refractivity contribution in [3.8, 4) is 0 Å². The van der Waals surface area contributed by atoms with E-state index in [0.717, 1.165) is 24.7 Å². The van der Waals surface area contributed by atoms with Gasteiger partial charge in [0.1, 0.15) is 0 Å². The fourth-order valence-electron chi connectivity index (χ4n) is 3.09. The van der Waals surface area contributed by atoms with Crippen molar-refractivity contribution in [1.82, 2.24) is 5.32 Å². The maximum absolute atomic E-state index is 12.3. The Morgan fingerprint density at radius 3 is 2.67 bits per heavy atom. The first-order valence-electron chi connectivity index (χ1n) is 7.35. The minimum atomic E-state index is 0.194. The van der Waals surface area contributed by atoms with E-state index in [-0.39, 0.29) is 17.2 Å². The molecule has 1 saturated carbocycles. The number of hydrogen-bond acceptors (Lipinski definition) is 1. The molecule has 0 spiro atoms. The van der Waals surface area contributed by atoms with E-state index in [1.165, 1.54) is 25.7 Å². The van der Waals surface area contributed by atoms with Crippen LogP contribution in [-0.2, 0) is 4.79 Å². The largest absolute Gasteiger partial charge is 0.356 e. The van der Waals surface area contributed by atoms with Crippen LogP contribution in [0.5, 0.6) is 0 Å². The molecular weight excluding hydrogens is 290 g/mol. The number of halogens is 1. The summed E-state index contributed by atoms with van der Waals surface area (Å²) >= 11 is 3.50. The average Bonchev–Trinajstić information content (AvgIpc) is 2.66. The Balaban J connectivity index is 2.39. The van der Waals surface area contributed by atoms with Crippen molar-refractivity contribution in [2.45, 2.75) is 59.3 Å². The molecule has 1 N–H and O–H groups in total. The number of alkyl halides is 1. The van der Waals surface area contributed by atoms with Crippen molar-refractivity contribution < 1.29 is 4.79 Å². The topological polar surface area (TPSA) is 29.1 Å². The number of hydrogen-bond donors (Lipinski definition) is 1. The lowest BCUT2D eigenvalue weighted by Gasteiger charge is -2.27. The summed E-state index contributed by atoms with van der Waals surface area (Å²) in [7, 11) is 0. The Morgan fingerprint density at radius 1 is 1.44 bits per heavy atom. The molecule has 0 aromatic heterocycles. The molecule has 0 bridgehead atoms. The van der Waals surface area contributed by atoms with Crippen LogP contribution in [0.1, 0.15) is 59.3 Å². The van der Waals surface area contributed by atoms with Crippen molar-refractivity contribution >= 4 is 21.8 Å². The molecule has 0 aromatic rings. The molecule has 1 aliphatic carbocycles. The Bertz CT molecular complexity index is 259. The molecule has 0 aliphatic heterocycles. The minimum Gasteiger partial charge on any atom is -0.356 e. The Kier molecular flexibility index (Phi) is 6.68. The van der Waals surface area contributed by atoms with E-state index < -0.39 is 0 Å². The molecule has 1 rings (SSSR count). The van der Waals surface area contributed by atoms with Gasteiger partial charge in [-0.2, -0.15) is 0 Å². The first-order chi connectivity index (χ1) is 8.51. The number of amides is 1. The van der Waals surface area contributed by atoms with Crippen LogP contribution in [-0.4, -0.2) is 17.8 Å². The third-order valence-corrected chi connectivity index (χ3v) is 4.81. The maximum atomic E-state index is 12.3. The SMILES string of the molecule is CCCC(CCBr)CNC(=O)C1CCCC1(C)C. The van der Waals surface area contributed by atoms with Gasteiger partial charge in [-0.15, -0.1) is 0 Å². The van der Waals surface area contributed by atoms with Gasteiger partial charge in [-0.25, -0.2) is 0 Å². The van der Waals surface area contributed by atoms with Crippen molar-refractivity contribution in [2.24, 2.45) is 17.3 Å². The Labute approximate surface area is 120 Å². The van der Waals surface area contributed by atoms with Gasteiger partial charge in [-0.3, -0.25) is 4.79 Å². The number of carbonyl (C=O) groups excluding carboxylic acids is 1. The highest BCUT2D eigenvalue weighted by atomic mass is 79.9. The molecule has 1 aliphatic rings. The Hall–Kier alpha value is -0.0500. The molecule has 0 aromatic carbocycles. The van der Waals surface area contributed by atoms with Gasteiger partial charge in [0.2, 0.25) is 5.91 Å². The quantitative estimate of drug-likeness (QED) is 0.703. The summed E-state index contributed by atoms with van der Waals surface area (Å²) in [6, 6.07) is 0. The summed E-state index contributed by atoms with van der Waals surface area (Å²) in [6.07, 6.45) is 7.01. The standard InChI is InChI=1S/C15H28BrNO/c1-4-6-12(8-10-16)11-17-14(18)13-7-5-9-15(13,2)3/h12-13H,4-11H2,1-3H3,(H,17,18). The Morgan fingerprint density at radius 2 is 2.17 bits per heavy atom. The zero-order chi connectivity index (χ0) is 13.6. The summed E-state index contributed by atoms with van der Waals surface area (Å²) in [5.41, 5.74) is 0.194. The highest BCUT2D eigenvalue weighted by Gasteiger charge is 2.39. The fraction of sp³-hybridized carbons (Fsp3) is 0.933. The smallest absolute Gasteiger partial charge is 0.223 e. The molecule has 2 unspecified atom stereocenters. The highest BCUT2D eigenvalue weighted by molar-refractivity contribution is 9.09. The van der Waals surface area contributed by atoms with Crippen molar-refractivity contribution in [3.63, 3.8) is 0 Å². The van der Waals surface area contributed by atoms with Gasteiger partial charge in [0.25, 0.3) is 0 Å². The zero-order valence-electron chi connectivity index (χ0n) is 12.1. The first-order valence-corrected chi connectivity index (χ1v) is 8.47. The molecule has 1 amide bonds. The molecule has 0 heterocycles. The fourth-order valence-corrected chi connectivity index (χ4v) is 3.74. The van der Waals surface area contributed by atoms with Gasteiger partial charge in [0.15, 0.2) is 0 Å². The summed E-state index contributed by atoms with van der Waals surface area (Å²) < 4.78 is 0. The van der Waals surface area contributed by atoms with E-state index in [0.29, 0.717) is 5.92 Å². The molecule has 0 radical (unpaired) electrons. The number of rotatable bonds is 7. The van der Waals surface area contributed by atoms with Crippen molar-refractivity contribution in [1.29, 1.82) is 0 Å². The van der Waals surface area contributed by atoms with Crippen LogP contribution in [0, 0.1) is 17.3 Å². The van der Waals surface area contributed by atoms with E-state index in [1.54, 1.807) is 0 Å². The van der Waals surface area contributed by atoms with Crippen molar-refractivity contribution in [3.05, 3.63) is 0 Å². The monoisotopic (exact) mass is 317 g/mol. The van der Waals surface area contributed by atoms with E-state index in [9.17, 15) is 4.79 Å². The van der Waals surface area contributed by atoms with Crippen LogP contribution in [0.4, 0.5) is 0 Å². The molecule has 3 heteroatoms. The molecule has 106 valence electrons.